The van der Waals surface area contributed by atoms with Gasteiger partial charge in [0, 0.05) is 18.7 Å². The van der Waals surface area contributed by atoms with Gasteiger partial charge in [0.1, 0.15) is 5.82 Å². The van der Waals surface area contributed by atoms with Gasteiger partial charge in [-0.2, -0.15) is 0 Å². The van der Waals surface area contributed by atoms with Crippen LogP contribution in [0.4, 0.5) is 4.39 Å². The number of nitrogens with zero attached hydrogens (tertiary/aromatic N) is 1. The number of hydrogen-bond acceptors (Lipinski definition) is 3. The highest BCUT2D eigenvalue weighted by molar-refractivity contribution is 5.96. The first-order chi connectivity index (χ1) is 9.93. The Bertz CT molecular complexity index is 602. The second kappa shape index (κ2) is 6.25. The summed E-state index contributed by atoms with van der Waals surface area (Å²) >= 11 is 0. The van der Waals surface area contributed by atoms with Gasteiger partial charge in [-0.3, -0.25) is 4.79 Å². The first-order valence-electron chi connectivity index (χ1n) is 6.85. The largest absolute Gasteiger partial charge is 0.372 e. The van der Waals surface area contributed by atoms with E-state index in [2.05, 4.69) is 11.8 Å². The third kappa shape index (κ3) is 3.81. The van der Waals surface area contributed by atoms with Crippen molar-refractivity contribution in [3.05, 3.63) is 35.1 Å². The minimum atomic E-state index is -0.421. The molecule has 1 aliphatic rings. The lowest BCUT2D eigenvalue weighted by Gasteiger charge is -2.38. The summed E-state index contributed by atoms with van der Waals surface area (Å²) in [6, 6.07) is 4.01. The fraction of sp³-hybridized carbons (Fsp3) is 0.438. The van der Waals surface area contributed by atoms with E-state index in [1.807, 2.05) is 13.8 Å². The van der Waals surface area contributed by atoms with Crippen molar-refractivity contribution in [1.29, 1.82) is 0 Å². The van der Waals surface area contributed by atoms with Gasteiger partial charge < -0.3 is 15.4 Å². The summed E-state index contributed by atoms with van der Waals surface area (Å²) in [6.07, 6.45) is 0. The van der Waals surface area contributed by atoms with Crippen LogP contribution in [0.2, 0.25) is 0 Å². The van der Waals surface area contributed by atoms with Crippen LogP contribution in [0.25, 0.3) is 0 Å². The second-order valence-electron chi connectivity index (χ2n) is 5.53. The SMILES string of the molecule is CC1(C)CN(C(=O)c2ccc(F)cc2C#CCN)CCO1. The van der Waals surface area contributed by atoms with Crippen LogP contribution in [0.15, 0.2) is 18.2 Å². The maximum absolute atomic E-state index is 13.4. The van der Waals surface area contributed by atoms with E-state index in [-0.39, 0.29) is 18.1 Å². The number of rotatable bonds is 1. The van der Waals surface area contributed by atoms with Crippen LogP contribution in [-0.4, -0.2) is 42.6 Å². The zero-order valence-electron chi connectivity index (χ0n) is 12.3. The van der Waals surface area contributed by atoms with Crippen molar-refractivity contribution < 1.29 is 13.9 Å². The number of amides is 1. The Hall–Kier alpha value is -1.90. The van der Waals surface area contributed by atoms with Crippen molar-refractivity contribution in [1.82, 2.24) is 4.90 Å². The predicted octanol–water partition coefficient (Wildman–Crippen LogP) is 1.39. The van der Waals surface area contributed by atoms with Crippen LogP contribution in [0, 0.1) is 17.7 Å². The van der Waals surface area contributed by atoms with E-state index >= 15 is 0 Å². The molecule has 1 heterocycles. The summed E-state index contributed by atoms with van der Waals surface area (Å²) < 4.78 is 19.0. The molecule has 0 radical (unpaired) electrons. The minimum absolute atomic E-state index is 0.160. The molecule has 112 valence electrons. The molecule has 0 spiro atoms. The van der Waals surface area contributed by atoms with Gasteiger partial charge in [-0.25, -0.2) is 4.39 Å². The molecule has 0 aromatic heterocycles. The van der Waals surface area contributed by atoms with E-state index in [9.17, 15) is 9.18 Å². The monoisotopic (exact) mass is 290 g/mol. The molecule has 4 nitrogen and oxygen atoms in total. The molecular weight excluding hydrogens is 271 g/mol. The summed E-state index contributed by atoms with van der Waals surface area (Å²) in [5.41, 5.74) is 5.73. The van der Waals surface area contributed by atoms with E-state index in [1.165, 1.54) is 18.2 Å². The van der Waals surface area contributed by atoms with Gasteiger partial charge in [-0.1, -0.05) is 11.8 Å². The van der Waals surface area contributed by atoms with Gasteiger partial charge in [0.25, 0.3) is 5.91 Å². The molecule has 1 saturated heterocycles. The molecule has 21 heavy (non-hydrogen) atoms. The molecule has 0 aliphatic carbocycles. The first kappa shape index (κ1) is 15.5. The Balaban J connectivity index is 2.30. The molecule has 0 saturated carbocycles. The zero-order chi connectivity index (χ0) is 15.5. The number of carbonyl (C=O) groups is 1. The van der Waals surface area contributed by atoms with Crippen LogP contribution < -0.4 is 5.73 Å². The Morgan fingerprint density at radius 2 is 2.29 bits per heavy atom. The lowest BCUT2D eigenvalue weighted by Crippen LogP contribution is -2.50. The fourth-order valence-electron chi connectivity index (χ4n) is 2.31. The molecular formula is C16H19FN2O2. The summed E-state index contributed by atoms with van der Waals surface area (Å²) in [5, 5.41) is 0. The maximum atomic E-state index is 13.4. The standard InChI is InChI=1S/C16H19FN2O2/c1-16(2)11-19(8-9-21-16)15(20)14-6-5-13(17)10-12(14)4-3-7-18/h5-6,10H,7-9,11,18H2,1-2H3. The van der Waals surface area contributed by atoms with E-state index in [4.69, 9.17) is 10.5 Å². The highest BCUT2D eigenvalue weighted by Gasteiger charge is 2.31. The van der Waals surface area contributed by atoms with Gasteiger partial charge >= 0.3 is 0 Å². The molecule has 1 amide bonds. The molecule has 2 N–H and O–H groups in total. The number of hydrogen-bond donors (Lipinski definition) is 1. The summed E-state index contributed by atoms with van der Waals surface area (Å²) in [7, 11) is 0. The number of benzene rings is 1. The quantitative estimate of drug-likeness (QED) is 0.795. The molecule has 2 rings (SSSR count). The van der Waals surface area contributed by atoms with Crippen molar-refractivity contribution in [2.24, 2.45) is 5.73 Å². The average molecular weight is 290 g/mol. The molecule has 0 unspecified atom stereocenters. The average Bonchev–Trinajstić information content (AvgIpc) is 2.43. The van der Waals surface area contributed by atoms with Crippen LogP contribution in [0.1, 0.15) is 29.8 Å². The van der Waals surface area contributed by atoms with E-state index in [1.54, 1.807) is 4.90 Å². The Labute approximate surface area is 124 Å². The normalized spacial score (nSPS) is 17.0. The van der Waals surface area contributed by atoms with Crippen LogP contribution in [0.3, 0.4) is 0 Å². The molecule has 1 aromatic carbocycles. The van der Waals surface area contributed by atoms with Gasteiger partial charge in [0.05, 0.1) is 24.3 Å². The molecule has 1 aliphatic heterocycles. The summed E-state index contributed by atoms with van der Waals surface area (Å²) in [5.74, 6) is 4.84. The van der Waals surface area contributed by atoms with E-state index in [0.29, 0.717) is 30.8 Å². The third-order valence-corrected chi connectivity index (χ3v) is 3.25. The van der Waals surface area contributed by atoms with Gasteiger partial charge in [0.15, 0.2) is 0 Å². The Morgan fingerprint density at radius 3 is 2.95 bits per heavy atom. The highest BCUT2D eigenvalue weighted by Crippen LogP contribution is 2.20. The maximum Gasteiger partial charge on any atom is 0.255 e. The van der Waals surface area contributed by atoms with Crippen molar-refractivity contribution >= 4 is 5.91 Å². The minimum Gasteiger partial charge on any atom is -0.372 e. The third-order valence-electron chi connectivity index (χ3n) is 3.25. The summed E-state index contributed by atoms with van der Waals surface area (Å²) in [6.45, 7) is 5.54. The van der Waals surface area contributed by atoms with Gasteiger partial charge in [-0.15, -0.1) is 0 Å². The molecule has 5 heteroatoms. The topological polar surface area (TPSA) is 55.6 Å². The molecule has 0 atom stereocenters. The molecule has 0 bridgehead atoms. The van der Waals surface area contributed by atoms with Crippen molar-refractivity contribution in [3.63, 3.8) is 0 Å². The first-order valence-corrected chi connectivity index (χ1v) is 6.85. The number of carbonyl (C=O) groups excluding carboxylic acids is 1. The lowest BCUT2D eigenvalue weighted by atomic mass is 10.0. The van der Waals surface area contributed by atoms with Gasteiger partial charge in [0.2, 0.25) is 0 Å². The van der Waals surface area contributed by atoms with Crippen molar-refractivity contribution in [2.45, 2.75) is 19.4 Å². The molecule has 1 fully saturated rings. The number of halogens is 1. The van der Waals surface area contributed by atoms with Crippen LogP contribution >= 0.6 is 0 Å². The van der Waals surface area contributed by atoms with E-state index in [0.717, 1.165) is 0 Å². The number of ether oxygens (including phenoxy) is 1. The molecule has 1 aromatic rings. The Morgan fingerprint density at radius 1 is 1.52 bits per heavy atom. The fourth-order valence-corrected chi connectivity index (χ4v) is 2.31. The van der Waals surface area contributed by atoms with Crippen LogP contribution in [0.5, 0.6) is 0 Å². The highest BCUT2D eigenvalue weighted by atomic mass is 19.1. The van der Waals surface area contributed by atoms with E-state index < -0.39 is 5.82 Å². The number of morpholine rings is 1. The zero-order valence-corrected chi connectivity index (χ0v) is 12.3. The smallest absolute Gasteiger partial charge is 0.255 e. The second-order valence-corrected chi connectivity index (χ2v) is 5.53. The Kier molecular flexibility index (Phi) is 4.61. The predicted molar refractivity (Wildman–Crippen MR) is 78.3 cm³/mol. The number of nitrogens with two attached hydrogens (primary N) is 1. The van der Waals surface area contributed by atoms with Crippen LogP contribution in [-0.2, 0) is 4.74 Å². The summed E-state index contributed by atoms with van der Waals surface area (Å²) in [4.78, 5) is 14.3. The van der Waals surface area contributed by atoms with Gasteiger partial charge in [-0.05, 0) is 32.0 Å². The van der Waals surface area contributed by atoms with Crippen molar-refractivity contribution in [2.75, 3.05) is 26.2 Å². The lowest BCUT2D eigenvalue weighted by molar-refractivity contribution is -0.0764. The van der Waals surface area contributed by atoms with Crippen molar-refractivity contribution in [3.8, 4) is 11.8 Å².